The normalized spacial score (nSPS) is 20.3. The minimum absolute atomic E-state index is 0.0134. The van der Waals surface area contributed by atoms with Crippen molar-refractivity contribution in [1.82, 2.24) is 10.2 Å². The lowest BCUT2D eigenvalue weighted by atomic mass is 10.1. The van der Waals surface area contributed by atoms with Gasteiger partial charge in [-0.05, 0) is 12.8 Å². The molecular weight excluding hydrogens is 296 g/mol. The molecule has 2 amide bonds. The van der Waals surface area contributed by atoms with E-state index in [1.807, 2.05) is 0 Å². The van der Waals surface area contributed by atoms with Gasteiger partial charge in [-0.1, -0.05) is 12.8 Å². The highest BCUT2D eigenvalue weighted by Crippen LogP contribution is 2.25. The molecule has 1 saturated carbocycles. The van der Waals surface area contributed by atoms with Gasteiger partial charge in [-0.3, -0.25) is 9.59 Å². The number of carbonyl (C=O) groups excluding carboxylic acids is 2. The molecule has 0 bridgehead atoms. The highest BCUT2D eigenvalue weighted by molar-refractivity contribution is 7.92. The van der Waals surface area contributed by atoms with Gasteiger partial charge < -0.3 is 15.0 Å². The number of rotatable bonds is 6. The van der Waals surface area contributed by atoms with Crippen LogP contribution in [0.3, 0.4) is 0 Å². The molecule has 2 fully saturated rings. The molecular formula is C13H22N2O5S. The lowest BCUT2D eigenvalue weighted by molar-refractivity contribution is -0.136. The van der Waals surface area contributed by atoms with E-state index in [1.54, 1.807) is 0 Å². The third-order valence-corrected chi connectivity index (χ3v) is 6.15. The monoisotopic (exact) mass is 318 g/mol. The number of hydrogen-bond donors (Lipinski definition) is 1. The average Bonchev–Trinajstić information content (AvgIpc) is 2.87. The van der Waals surface area contributed by atoms with E-state index in [0.717, 1.165) is 12.8 Å². The molecule has 0 aromatic heterocycles. The molecule has 0 radical (unpaired) electrons. The van der Waals surface area contributed by atoms with Crippen molar-refractivity contribution in [3.05, 3.63) is 0 Å². The number of ether oxygens (including phenoxy) is 1. The Morgan fingerprint density at radius 1 is 1.24 bits per heavy atom. The summed E-state index contributed by atoms with van der Waals surface area (Å²) in [6, 6.07) is -0.106. The molecule has 0 unspecified atom stereocenters. The molecule has 1 aliphatic heterocycles. The highest BCUT2D eigenvalue weighted by Gasteiger charge is 2.36. The number of nitrogens with one attached hydrogen (secondary N) is 1. The Morgan fingerprint density at radius 2 is 1.86 bits per heavy atom. The lowest BCUT2D eigenvalue weighted by Crippen LogP contribution is -2.62. The largest absolute Gasteiger partial charge is 0.375 e. The molecule has 2 rings (SSSR count). The van der Waals surface area contributed by atoms with E-state index in [2.05, 4.69) is 5.32 Å². The standard InChI is InChI=1S/C13H22N2O5S/c1-20-8-12(16)14-10-6-15(7-10)13(17)9-21(18,19)11-4-2-3-5-11/h10-11H,2-9H2,1H3,(H,14,16). The van der Waals surface area contributed by atoms with E-state index in [-0.39, 0.29) is 29.7 Å². The molecule has 1 aliphatic carbocycles. The van der Waals surface area contributed by atoms with E-state index in [1.165, 1.54) is 12.0 Å². The van der Waals surface area contributed by atoms with Gasteiger partial charge in [0.05, 0.1) is 11.3 Å². The Bertz CT molecular complexity index is 493. The maximum Gasteiger partial charge on any atom is 0.246 e. The van der Waals surface area contributed by atoms with Crippen molar-refractivity contribution < 1.29 is 22.7 Å². The van der Waals surface area contributed by atoms with E-state index < -0.39 is 15.6 Å². The van der Waals surface area contributed by atoms with Crippen molar-refractivity contribution in [2.45, 2.75) is 37.0 Å². The van der Waals surface area contributed by atoms with Crippen LogP contribution in [0.5, 0.6) is 0 Å². The van der Waals surface area contributed by atoms with Crippen LogP contribution in [0.2, 0.25) is 0 Å². The van der Waals surface area contributed by atoms with E-state index >= 15 is 0 Å². The summed E-state index contributed by atoms with van der Waals surface area (Å²) in [6.45, 7) is 0.726. The van der Waals surface area contributed by atoms with Crippen molar-refractivity contribution in [1.29, 1.82) is 0 Å². The number of nitrogens with zero attached hydrogens (tertiary/aromatic N) is 1. The summed E-state index contributed by atoms with van der Waals surface area (Å²) in [5, 5.41) is 2.37. The fraction of sp³-hybridized carbons (Fsp3) is 0.846. The first-order valence-electron chi connectivity index (χ1n) is 7.20. The molecule has 0 aromatic carbocycles. The summed E-state index contributed by atoms with van der Waals surface area (Å²) in [5.41, 5.74) is 0. The topological polar surface area (TPSA) is 92.8 Å². The Hall–Kier alpha value is -1.15. The van der Waals surface area contributed by atoms with Crippen LogP contribution in [0.1, 0.15) is 25.7 Å². The Morgan fingerprint density at radius 3 is 2.43 bits per heavy atom. The van der Waals surface area contributed by atoms with Gasteiger partial charge in [-0.2, -0.15) is 0 Å². The molecule has 0 aromatic rings. The smallest absolute Gasteiger partial charge is 0.246 e. The SMILES string of the molecule is COCC(=O)NC1CN(C(=O)CS(=O)(=O)C2CCCC2)C1. The molecule has 1 N–H and O–H groups in total. The summed E-state index contributed by atoms with van der Waals surface area (Å²) < 4.78 is 28.9. The maximum atomic E-state index is 12.1. The molecule has 0 atom stereocenters. The molecule has 1 heterocycles. The van der Waals surface area contributed by atoms with Crippen LogP contribution in [0.25, 0.3) is 0 Å². The first kappa shape index (κ1) is 16.2. The second-order valence-electron chi connectivity index (χ2n) is 5.71. The van der Waals surface area contributed by atoms with Crippen molar-refractivity contribution in [3.63, 3.8) is 0 Å². The number of methoxy groups -OCH3 is 1. The van der Waals surface area contributed by atoms with Gasteiger partial charge in [0, 0.05) is 20.2 Å². The van der Waals surface area contributed by atoms with E-state index in [0.29, 0.717) is 25.9 Å². The number of likely N-dealkylation sites (tertiary alicyclic amines) is 1. The van der Waals surface area contributed by atoms with Crippen LogP contribution >= 0.6 is 0 Å². The Kier molecular flexibility index (Phi) is 5.21. The fourth-order valence-electron chi connectivity index (χ4n) is 2.80. The lowest BCUT2D eigenvalue weighted by Gasteiger charge is -2.39. The zero-order valence-electron chi connectivity index (χ0n) is 12.2. The van der Waals surface area contributed by atoms with Crippen LogP contribution in [0.4, 0.5) is 0 Å². The van der Waals surface area contributed by atoms with Crippen molar-refractivity contribution in [2.75, 3.05) is 32.6 Å². The average molecular weight is 318 g/mol. The highest BCUT2D eigenvalue weighted by atomic mass is 32.2. The quantitative estimate of drug-likeness (QED) is 0.700. The van der Waals surface area contributed by atoms with Gasteiger partial charge in [0.2, 0.25) is 11.8 Å². The van der Waals surface area contributed by atoms with Gasteiger partial charge in [0.1, 0.15) is 12.4 Å². The van der Waals surface area contributed by atoms with Crippen molar-refractivity contribution >= 4 is 21.7 Å². The van der Waals surface area contributed by atoms with Crippen LogP contribution in [0.15, 0.2) is 0 Å². The Balaban J connectivity index is 1.75. The third kappa shape index (κ3) is 4.16. The molecule has 1 saturated heterocycles. The van der Waals surface area contributed by atoms with E-state index in [9.17, 15) is 18.0 Å². The molecule has 0 spiro atoms. The molecule has 21 heavy (non-hydrogen) atoms. The summed E-state index contributed by atoms with van der Waals surface area (Å²) >= 11 is 0. The first-order chi connectivity index (χ1) is 9.92. The predicted octanol–water partition coefficient (Wildman–Crippen LogP) is -0.683. The van der Waals surface area contributed by atoms with Crippen LogP contribution in [-0.4, -0.2) is 69.0 Å². The summed E-state index contributed by atoms with van der Waals surface area (Å²) in [7, 11) is -1.89. The second kappa shape index (κ2) is 6.74. The number of sulfone groups is 1. The second-order valence-corrected chi connectivity index (χ2v) is 7.99. The molecule has 2 aliphatic rings. The van der Waals surface area contributed by atoms with E-state index in [4.69, 9.17) is 4.74 Å². The van der Waals surface area contributed by atoms with Gasteiger partial charge >= 0.3 is 0 Å². The molecule has 120 valence electrons. The zero-order chi connectivity index (χ0) is 15.5. The van der Waals surface area contributed by atoms with Crippen LogP contribution < -0.4 is 5.32 Å². The van der Waals surface area contributed by atoms with Gasteiger partial charge in [-0.15, -0.1) is 0 Å². The fourth-order valence-corrected chi connectivity index (χ4v) is 4.62. The van der Waals surface area contributed by atoms with Crippen LogP contribution in [0, 0.1) is 0 Å². The van der Waals surface area contributed by atoms with Gasteiger partial charge in [-0.25, -0.2) is 8.42 Å². The summed E-state index contributed by atoms with van der Waals surface area (Å²) in [6.07, 6.45) is 3.20. The summed E-state index contributed by atoms with van der Waals surface area (Å²) in [4.78, 5) is 24.7. The minimum atomic E-state index is -3.33. The third-order valence-electron chi connectivity index (χ3n) is 4.01. The number of amides is 2. The van der Waals surface area contributed by atoms with Gasteiger partial charge in [0.25, 0.3) is 0 Å². The van der Waals surface area contributed by atoms with Gasteiger partial charge in [0.15, 0.2) is 9.84 Å². The zero-order valence-corrected chi connectivity index (χ0v) is 13.0. The predicted molar refractivity (Wildman–Crippen MR) is 76.4 cm³/mol. The minimum Gasteiger partial charge on any atom is -0.375 e. The van der Waals surface area contributed by atoms with Crippen molar-refractivity contribution in [2.24, 2.45) is 0 Å². The first-order valence-corrected chi connectivity index (χ1v) is 8.91. The molecule has 8 heteroatoms. The number of carbonyl (C=O) groups is 2. The maximum absolute atomic E-state index is 12.1. The molecule has 7 nitrogen and oxygen atoms in total. The number of hydrogen-bond acceptors (Lipinski definition) is 5. The van der Waals surface area contributed by atoms with Crippen LogP contribution in [-0.2, 0) is 24.2 Å². The Labute approximate surface area is 124 Å². The summed E-state index contributed by atoms with van der Waals surface area (Å²) in [5.74, 6) is -0.997. The van der Waals surface area contributed by atoms with Crippen molar-refractivity contribution in [3.8, 4) is 0 Å².